The molecule has 2 heteroatoms. The minimum Gasteiger partial charge on any atom is -0.399 e. The Morgan fingerprint density at radius 1 is 1.17 bits per heavy atom. The first kappa shape index (κ1) is 14.5. The van der Waals surface area contributed by atoms with Crippen LogP contribution in [-0.4, -0.2) is 0 Å². The molecular formula is C16H22FN. The van der Waals surface area contributed by atoms with E-state index in [0.29, 0.717) is 12.1 Å². The fraction of sp³-hybridized carbons (Fsp3) is 0.375. The van der Waals surface area contributed by atoms with Gasteiger partial charge in [0.2, 0.25) is 0 Å². The Kier molecular flexibility index (Phi) is 5.63. The van der Waals surface area contributed by atoms with Gasteiger partial charge in [0.1, 0.15) is 5.83 Å². The highest BCUT2D eigenvalue weighted by Crippen LogP contribution is 2.14. The van der Waals surface area contributed by atoms with Crippen molar-refractivity contribution in [2.45, 2.75) is 40.0 Å². The lowest BCUT2D eigenvalue weighted by molar-refractivity contribution is 0.644. The Bertz CT molecular complexity index is 441. The van der Waals surface area contributed by atoms with E-state index in [1.807, 2.05) is 26.0 Å². The van der Waals surface area contributed by atoms with Gasteiger partial charge in [-0.1, -0.05) is 43.7 Å². The van der Waals surface area contributed by atoms with Crippen molar-refractivity contribution in [2.24, 2.45) is 5.73 Å². The molecule has 0 spiro atoms. The van der Waals surface area contributed by atoms with Crippen molar-refractivity contribution in [1.82, 2.24) is 0 Å². The lowest BCUT2D eigenvalue weighted by Gasteiger charge is -2.04. The van der Waals surface area contributed by atoms with Gasteiger partial charge >= 0.3 is 0 Å². The van der Waals surface area contributed by atoms with Crippen LogP contribution < -0.4 is 5.73 Å². The van der Waals surface area contributed by atoms with Crippen molar-refractivity contribution >= 4 is 0 Å². The molecule has 1 aromatic carbocycles. The minimum atomic E-state index is -0.311. The van der Waals surface area contributed by atoms with Crippen LogP contribution in [0.1, 0.15) is 38.3 Å². The topological polar surface area (TPSA) is 26.0 Å². The molecule has 0 radical (unpaired) electrons. The Hall–Kier alpha value is -1.57. The Balaban J connectivity index is 2.79. The largest absolute Gasteiger partial charge is 0.399 e. The SMILES string of the molecule is CC/C(C)=C/C(F)=C(\N)Cc1ccc(CC)cc1. The molecule has 0 aliphatic heterocycles. The molecule has 0 atom stereocenters. The van der Waals surface area contributed by atoms with Crippen LogP contribution in [0.25, 0.3) is 0 Å². The van der Waals surface area contributed by atoms with E-state index >= 15 is 0 Å². The van der Waals surface area contributed by atoms with Gasteiger partial charge in [0, 0.05) is 12.1 Å². The second-order valence-electron chi connectivity index (χ2n) is 4.56. The van der Waals surface area contributed by atoms with Crippen LogP contribution in [0.2, 0.25) is 0 Å². The molecule has 1 rings (SSSR count). The van der Waals surface area contributed by atoms with Crippen LogP contribution in [0.4, 0.5) is 4.39 Å². The zero-order chi connectivity index (χ0) is 13.5. The van der Waals surface area contributed by atoms with Crippen LogP contribution >= 0.6 is 0 Å². The summed E-state index contributed by atoms with van der Waals surface area (Å²) in [6.07, 6.45) is 3.84. The molecule has 0 amide bonds. The van der Waals surface area contributed by atoms with E-state index < -0.39 is 0 Å². The number of hydrogen-bond acceptors (Lipinski definition) is 1. The summed E-state index contributed by atoms with van der Waals surface area (Å²) in [6, 6.07) is 8.14. The Morgan fingerprint density at radius 2 is 1.72 bits per heavy atom. The fourth-order valence-electron chi connectivity index (χ4n) is 1.61. The van der Waals surface area contributed by atoms with Crippen molar-refractivity contribution in [2.75, 3.05) is 0 Å². The molecule has 0 unspecified atom stereocenters. The Morgan fingerprint density at radius 3 is 2.22 bits per heavy atom. The second kappa shape index (κ2) is 7.00. The van der Waals surface area contributed by atoms with E-state index in [4.69, 9.17) is 5.73 Å². The third-order valence-electron chi connectivity index (χ3n) is 3.06. The summed E-state index contributed by atoms with van der Waals surface area (Å²) in [7, 11) is 0. The molecule has 1 nitrogen and oxygen atoms in total. The lowest BCUT2D eigenvalue weighted by Crippen LogP contribution is -2.03. The van der Waals surface area contributed by atoms with Crippen molar-refractivity contribution < 1.29 is 4.39 Å². The van der Waals surface area contributed by atoms with Gasteiger partial charge in [0.05, 0.1) is 0 Å². The summed E-state index contributed by atoms with van der Waals surface area (Å²) >= 11 is 0. The average Bonchev–Trinajstić information content (AvgIpc) is 2.39. The summed E-state index contributed by atoms with van der Waals surface area (Å²) < 4.78 is 13.7. The number of halogens is 1. The number of hydrogen-bond donors (Lipinski definition) is 1. The zero-order valence-electron chi connectivity index (χ0n) is 11.5. The maximum absolute atomic E-state index is 13.7. The van der Waals surface area contributed by atoms with Crippen LogP contribution in [0.3, 0.4) is 0 Å². The smallest absolute Gasteiger partial charge is 0.142 e. The first-order valence-electron chi connectivity index (χ1n) is 6.45. The highest BCUT2D eigenvalue weighted by atomic mass is 19.1. The van der Waals surface area contributed by atoms with E-state index in [2.05, 4.69) is 19.1 Å². The third kappa shape index (κ3) is 4.36. The van der Waals surface area contributed by atoms with Gasteiger partial charge in [-0.3, -0.25) is 0 Å². The van der Waals surface area contributed by atoms with Gasteiger partial charge in [-0.25, -0.2) is 4.39 Å². The highest BCUT2D eigenvalue weighted by molar-refractivity contribution is 5.29. The van der Waals surface area contributed by atoms with Gasteiger partial charge in [-0.05, 0) is 37.0 Å². The average molecular weight is 247 g/mol. The van der Waals surface area contributed by atoms with Gasteiger partial charge in [0.15, 0.2) is 0 Å². The number of allylic oxidation sites excluding steroid dienone is 4. The number of benzene rings is 1. The maximum Gasteiger partial charge on any atom is 0.142 e. The van der Waals surface area contributed by atoms with Crippen LogP contribution in [0, 0.1) is 0 Å². The van der Waals surface area contributed by atoms with Gasteiger partial charge < -0.3 is 5.73 Å². The standard InChI is InChI=1S/C16H22FN/c1-4-12(3)10-15(17)16(18)11-14-8-6-13(5-2)7-9-14/h6-10H,4-5,11,18H2,1-3H3/b12-10+,16-15+. The van der Waals surface area contributed by atoms with E-state index in [1.54, 1.807) is 0 Å². The summed E-state index contributed by atoms with van der Waals surface area (Å²) in [5, 5.41) is 0. The summed E-state index contributed by atoms with van der Waals surface area (Å²) in [5.74, 6) is -0.311. The van der Waals surface area contributed by atoms with Gasteiger partial charge in [-0.2, -0.15) is 0 Å². The van der Waals surface area contributed by atoms with Crippen LogP contribution in [0.5, 0.6) is 0 Å². The number of aryl methyl sites for hydroxylation is 1. The molecule has 0 fully saturated rings. The van der Waals surface area contributed by atoms with Crippen molar-refractivity contribution in [1.29, 1.82) is 0 Å². The molecule has 0 heterocycles. The molecule has 0 saturated carbocycles. The van der Waals surface area contributed by atoms with Crippen LogP contribution in [0.15, 0.2) is 47.4 Å². The first-order valence-corrected chi connectivity index (χ1v) is 6.45. The lowest BCUT2D eigenvalue weighted by atomic mass is 10.1. The molecule has 0 aromatic heterocycles. The summed E-state index contributed by atoms with van der Waals surface area (Å²) in [4.78, 5) is 0. The number of rotatable bonds is 5. The maximum atomic E-state index is 13.7. The highest BCUT2D eigenvalue weighted by Gasteiger charge is 2.02. The monoisotopic (exact) mass is 247 g/mol. The molecular weight excluding hydrogens is 225 g/mol. The van der Waals surface area contributed by atoms with Crippen molar-refractivity contribution in [3.05, 3.63) is 58.6 Å². The normalized spacial score (nSPS) is 13.4. The molecule has 0 bridgehead atoms. The quantitative estimate of drug-likeness (QED) is 0.772. The van der Waals surface area contributed by atoms with Crippen molar-refractivity contribution in [3.8, 4) is 0 Å². The number of nitrogens with two attached hydrogens (primary N) is 1. The molecule has 1 aromatic rings. The van der Waals surface area contributed by atoms with Crippen LogP contribution in [-0.2, 0) is 12.8 Å². The third-order valence-corrected chi connectivity index (χ3v) is 3.06. The van der Waals surface area contributed by atoms with Gasteiger partial charge in [0.25, 0.3) is 0 Å². The molecule has 0 aliphatic rings. The van der Waals surface area contributed by atoms with Gasteiger partial charge in [-0.15, -0.1) is 0 Å². The van der Waals surface area contributed by atoms with E-state index in [-0.39, 0.29) is 5.83 Å². The molecule has 0 saturated heterocycles. The molecule has 98 valence electrons. The second-order valence-corrected chi connectivity index (χ2v) is 4.56. The van der Waals surface area contributed by atoms with Crippen molar-refractivity contribution in [3.63, 3.8) is 0 Å². The molecule has 0 aliphatic carbocycles. The predicted molar refractivity (Wildman–Crippen MR) is 75.9 cm³/mol. The minimum absolute atomic E-state index is 0.298. The van der Waals surface area contributed by atoms with E-state index in [0.717, 1.165) is 24.0 Å². The summed E-state index contributed by atoms with van der Waals surface area (Å²) in [5.41, 5.74) is 9.40. The van der Waals surface area contributed by atoms with E-state index in [1.165, 1.54) is 11.6 Å². The first-order chi connectivity index (χ1) is 8.56. The van der Waals surface area contributed by atoms with E-state index in [9.17, 15) is 4.39 Å². The summed E-state index contributed by atoms with van der Waals surface area (Å²) in [6.45, 7) is 6.02. The Labute approximate surface area is 109 Å². The zero-order valence-corrected chi connectivity index (χ0v) is 11.5. The fourth-order valence-corrected chi connectivity index (χ4v) is 1.61. The molecule has 2 N–H and O–H groups in total. The molecule has 18 heavy (non-hydrogen) atoms. The predicted octanol–water partition coefficient (Wildman–Crippen LogP) is 4.29.